The highest BCUT2D eigenvalue weighted by molar-refractivity contribution is 5.99. The third-order valence-corrected chi connectivity index (χ3v) is 4.04. The van der Waals surface area contributed by atoms with E-state index in [1.54, 1.807) is 38.2 Å². The lowest BCUT2D eigenvalue weighted by atomic mass is 10.0. The van der Waals surface area contributed by atoms with Crippen LogP contribution in [0.3, 0.4) is 0 Å². The van der Waals surface area contributed by atoms with Crippen molar-refractivity contribution < 1.29 is 9.59 Å². The van der Waals surface area contributed by atoms with Crippen molar-refractivity contribution >= 4 is 24.0 Å². The van der Waals surface area contributed by atoms with Gasteiger partial charge < -0.3 is 5.73 Å². The topological polar surface area (TPSA) is 107 Å². The van der Waals surface area contributed by atoms with Gasteiger partial charge in [-0.3, -0.25) is 24.3 Å². The number of fused-ring (bicyclic) bond motifs is 1. The minimum absolute atomic E-state index is 0.200. The van der Waals surface area contributed by atoms with E-state index in [1.807, 2.05) is 0 Å². The van der Waals surface area contributed by atoms with Crippen LogP contribution in [0.15, 0.2) is 16.9 Å². The molecule has 0 saturated carbocycles. The molecule has 7 heteroatoms. The zero-order valence-electron chi connectivity index (χ0n) is 13.0. The number of hydrogen-bond acceptors (Lipinski definition) is 5. The van der Waals surface area contributed by atoms with E-state index in [-0.39, 0.29) is 24.3 Å². The third-order valence-electron chi connectivity index (χ3n) is 4.04. The van der Waals surface area contributed by atoms with Crippen LogP contribution in [0, 0.1) is 6.92 Å². The van der Waals surface area contributed by atoms with Crippen molar-refractivity contribution in [2.75, 3.05) is 0 Å². The van der Waals surface area contributed by atoms with Gasteiger partial charge >= 0.3 is 0 Å². The van der Waals surface area contributed by atoms with Gasteiger partial charge in [0, 0.05) is 6.42 Å². The number of allylic oxidation sites excluding steroid dienone is 1. The Morgan fingerprint density at radius 3 is 2.83 bits per heavy atom. The van der Waals surface area contributed by atoms with Crippen LogP contribution in [0.2, 0.25) is 0 Å². The maximum absolute atomic E-state index is 12.9. The minimum atomic E-state index is -0.777. The first-order valence-corrected chi connectivity index (χ1v) is 7.43. The zero-order valence-corrected chi connectivity index (χ0v) is 13.0. The molecule has 2 aliphatic rings. The molecule has 0 radical (unpaired) electrons. The number of carbonyl (C=O) groups is 2. The molecule has 1 saturated heterocycles. The highest BCUT2D eigenvalue weighted by Crippen LogP contribution is 2.17. The van der Waals surface area contributed by atoms with E-state index >= 15 is 0 Å². The van der Waals surface area contributed by atoms with Gasteiger partial charge in [-0.25, -0.2) is 4.98 Å². The second-order valence-corrected chi connectivity index (χ2v) is 6.14. The van der Waals surface area contributed by atoms with Crippen LogP contribution in [0.1, 0.15) is 31.6 Å². The summed E-state index contributed by atoms with van der Waals surface area (Å²) in [5, 5.41) is 3.17. The fraction of sp³-hybridized carbons (Fsp3) is 0.375. The summed E-state index contributed by atoms with van der Waals surface area (Å²) in [6.07, 6.45) is 7.41. The molecule has 7 nitrogen and oxygen atoms in total. The summed E-state index contributed by atoms with van der Waals surface area (Å²) in [7, 11) is 0. The molecule has 3 rings (SSSR count). The smallest absolute Gasteiger partial charge is 0.261 e. The summed E-state index contributed by atoms with van der Waals surface area (Å²) >= 11 is 0. The summed E-state index contributed by atoms with van der Waals surface area (Å²) in [4.78, 5) is 40.8. The molecule has 1 aliphatic heterocycles. The molecule has 2 amide bonds. The first kappa shape index (κ1) is 15.4. The van der Waals surface area contributed by atoms with Crippen molar-refractivity contribution in [3.05, 3.63) is 38.9 Å². The largest absolute Gasteiger partial charge is 0.319 e. The number of nitrogens with one attached hydrogen (secondary N) is 1. The third kappa shape index (κ3) is 2.75. The maximum atomic E-state index is 12.9. The molecule has 3 N–H and O–H groups in total. The summed E-state index contributed by atoms with van der Waals surface area (Å²) in [5.41, 5.74) is 5.01. The fourth-order valence-corrected chi connectivity index (χ4v) is 2.94. The van der Waals surface area contributed by atoms with Crippen LogP contribution >= 0.6 is 0 Å². The molecule has 23 heavy (non-hydrogen) atoms. The number of aromatic nitrogens is 2. The van der Waals surface area contributed by atoms with Gasteiger partial charge in [0.05, 0.1) is 16.1 Å². The van der Waals surface area contributed by atoms with Crippen molar-refractivity contribution in [3.8, 4) is 0 Å². The van der Waals surface area contributed by atoms with Crippen LogP contribution in [0.5, 0.6) is 0 Å². The molecule has 2 atom stereocenters. The first-order chi connectivity index (χ1) is 10.8. The average Bonchev–Trinajstić information content (AvgIpc) is 2.59. The Bertz CT molecular complexity index is 908. The monoisotopic (exact) mass is 314 g/mol. The quantitative estimate of drug-likeness (QED) is 0.606. The number of carbonyl (C=O) groups excluding carboxylic acids is 2. The lowest BCUT2D eigenvalue weighted by Gasteiger charge is -2.24. The Hall–Kier alpha value is -2.54. The number of piperidine rings is 1. The predicted octanol–water partition coefficient (Wildman–Crippen LogP) is -1.62. The van der Waals surface area contributed by atoms with E-state index in [2.05, 4.69) is 10.3 Å². The SMILES string of the molecule is Cc1nc2c(c(=O)n1C1CCC(=O)NC1=O)=CC(C)(N)C=CC=2. The van der Waals surface area contributed by atoms with E-state index in [4.69, 9.17) is 5.73 Å². The molecule has 0 aromatic carbocycles. The van der Waals surface area contributed by atoms with E-state index in [0.29, 0.717) is 16.4 Å². The van der Waals surface area contributed by atoms with Gasteiger partial charge in [-0.05, 0) is 32.4 Å². The normalized spacial score (nSPS) is 26.7. The van der Waals surface area contributed by atoms with Crippen molar-refractivity contribution in [2.24, 2.45) is 5.73 Å². The highest BCUT2D eigenvalue weighted by atomic mass is 16.2. The molecule has 1 fully saturated rings. The molecule has 2 heterocycles. The van der Waals surface area contributed by atoms with Gasteiger partial charge in [-0.15, -0.1) is 0 Å². The summed E-state index contributed by atoms with van der Waals surface area (Å²) in [6, 6.07) is -0.730. The summed E-state index contributed by atoms with van der Waals surface area (Å²) < 4.78 is 1.35. The number of hydrogen-bond donors (Lipinski definition) is 2. The van der Waals surface area contributed by atoms with Crippen LogP contribution in [0.25, 0.3) is 12.2 Å². The number of amides is 2. The summed E-state index contributed by atoms with van der Waals surface area (Å²) in [5.74, 6) is -0.361. The number of aryl methyl sites for hydroxylation is 1. The molecule has 120 valence electrons. The number of rotatable bonds is 1. The molecular weight excluding hydrogens is 296 g/mol. The Kier molecular flexibility index (Phi) is 3.52. The standard InChI is InChI=1S/C16H18N4O3/c1-9-18-11-4-3-7-16(2,17)8-10(11)15(23)20(9)12-5-6-13(21)19-14(12)22/h3-4,7-8,12H,5-6,17H2,1-2H3,(H,19,21,22). The van der Waals surface area contributed by atoms with Gasteiger partial charge in [-0.2, -0.15) is 0 Å². The lowest BCUT2D eigenvalue weighted by molar-refractivity contribution is -0.135. The van der Waals surface area contributed by atoms with E-state index in [1.165, 1.54) is 4.57 Å². The van der Waals surface area contributed by atoms with E-state index in [0.717, 1.165) is 0 Å². The van der Waals surface area contributed by atoms with E-state index in [9.17, 15) is 14.4 Å². The first-order valence-electron chi connectivity index (χ1n) is 7.43. The Labute approximate surface area is 132 Å². The Morgan fingerprint density at radius 1 is 1.39 bits per heavy atom. The molecule has 1 aromatic rings. The van der Waals surface area contributed by atoms with E-state index < -0.39 is 17.5 Å². The molecule has 0 spiro atoms. The molecule has 2 unspecified atom stereocenters. The Morgan fingerprint density at radius 2 is 2.13 bits per heavy atom. The van der Waals surface area contributed by atoms with Crippen LogP contribution < -0.4 is 27.2 Å². The van der Waals surface area contributed by atoms with Crippen molar-refractivity contribution in [2.45, 2.75) is 38.3 Å². The molecule has 1 aromatic heterocycles. The van der Waals surface area contributed by atoms with Gasteiger partial charge in [0.15, 0.2) is 0 Å². The van der Waals surface area contributed by atoms with Crippen molar-refractivity contribution in [1.82, 2.24) is 14.9 Å². The van der Waals surface area contributed by atoms with Gasteiger partial charge in [0.2, 0.25) is 11.8 Å². The predicted molar refractivity (Wildman–Crippen MR) is 84.6 cm³/mol. The zero-order chi connectivity index (χ0) is 16.8. The second-order valence-electron chi connectivity index (χ2n) is 6.14. The van der Waals surface area contributed by atoms with Gasteiger partial charge in [-0.1, -0.05) is 12.2 Å². The van der Waals surface area contributed by atoms with Crippen LogP contribution in [-0.4, -0.2) is 26.9 Å². The number of nitrogens with two attached hydrogens (primary N) is 1. The maximum Gasteiger partial charge on any atom is 0.261 e. The van der Waals surface area contributed by atoms with Gasteiger partial charge in [0.25, 0.3) is 5.56 Å². The number of nitrogens with zero attached hydrogens (tertiary/aromatic N) is 2. The van der Waals surface area contributed by atoms with Crippen LogP contribution in [-0.2, 0) is 9.59 Å². The highest BCUT2D eigenvalue weighted by Gasteiger charge is 2.30. The van der Waals surface area contributed by atoms with Crippen molar-refractivity contribution in [1.29, 1.82) is 0 Å². The minimum Gasteiger partial charge on any atom is -0.319 e. The Balaban J connectivity index is 2.25. The second kappa shape index (κ2) is 5.27. The lowest BCUT2D eigenvalue weighted by Crippen LogP contribution is -2.54. The molecule has 0 bridgehead atoms. The van der Waals surface area contributed by atoms with Crippen LogP contribution in [0.4, 0.5) is 0 Å². The summed E-state index contributed by atoms with van der Waals surface area (Å²) in [6.45, 7) is 3.46. The van der Waals surface area contributed by atoms with Gasteiger partial charge in [0.1, 0.15) is 11.9 Å². The average molecular weight is 314 g/mol. The molecule has 1 aliphatic carbocycles. The fourth-order valence-electron chi connectivity index (χ4n) is 2.94. The number of imide groups is 1. The molecular formula is C16H18N4O3. The van der Waals surface area contributed by atoms with Crippen molar-refractivity contribution in [3.63, 3.8) is 0 Å².